The van der Waals surface area contributed by atoms with Crippen LogP contribution in [-0.2, 0) is 16.0 Å². The van der Waals surface area contributed by atoms with Gasteiger partial charge in [0.1, 0.15) is 0 Å². The number of carbonyl (C=O) groups excluding carboxylic acids is 2. The molecule has 0 spiro atoms. The van der Waals surface area contributed by atoms with Crippen LogP contribution in [0.2, 0.25) is 0 Å². The number of benzene rings is 3. The van der Waals surface area contributed by atoms with Crippen molar-refractivity contribution in [1.82, 2.24) is 9.47 Å². The monoisotopic (exact) mass is 498 g/mol. The maximum atomic E-state index is 13.8. The summed E-state index contributed by atoms with van der Waals surface area (Å²) >= 11 is 0. The molecule has 5 rings (SSSR count). The maximum Gasteiger partial charge on any atom is 0.193 e. The van der Waals surface area contributed by atoms with Gasteiger partial charge >= 0.3 is 0 Å². The molecule has 1 aliphatic rings. The van der Waals surface area contributed by atoms with Crippen molar-refractivity contribution in [1.29, 1.82) is 0 Å². The minimum Gasteiger partial charge on any atom is -0.380 e. The quantitative estimate of drug-likeness (QED) is 0.230. The van der Waals surface area contributed by atoms with Crippen LogP contribution < -0.4 is 0 Å². The van der Waals surface area contributed by atoms with Gasteiger partial charge in [0.25, 0.3) is 0 Å². The smallest absolute Gasteiger partial charge is 0.193 e. The fourth-order valence-electron chi connectivity index (χ4n) is 5.30. The molecule has 1 aliphatic heterocycles. The molecular weight excluding hydrogens is 464 g/mol. The number of fused-ring (bicyclic) bond motifs is 3. The Labute approximate surface area is 217 Å². The van der Waals surface area contributed by atoms with Crippen LogP contribution in [0.25, 0.3) is 21.8 Å². The molecule has 0 unspecified atom stereocenters. The van der Waals surface area contributed by atoms with Gasteiger partial charge in [-0.2, -0.15) is 0 Å². The summed E-state index contributed by atoms with van der Waals surface area (Å²) in [6.45, 7) is 10.7. The average Bonchev–Trinajstić information content (AvgIpc) is 3.25. The minimum absolute atomic E-state index is 0.0154. The van der Waals surface area contributed by atoms with Crippen LogP contribution in [0, 0.1) is 0 Å². The van der Waals surface area contributed by atoms with E-state index in [1.54, 1.807) is 0 Å². The second kappa shape index (κ2) is 10.6. The number of rotatable bonds is 9. The molecule has 4 aromatic rings. The third-order valence-corrected chi connectivity index (χ3v) is 7.45. The van der Waals surface area contributed by atoms with E-state index in [0.29, 0.717) is 49.7 Å². The zero-order chi connectivity index (χ0) is 26.0. The highest BCUT2D eigenvalue weighted by molar-refractivity contribution is 6.16. The molecule has 6 heteroatoms. The van der Waals surface area contributed by atoms with Crippen LogP contribution in [0.3, 0.4) is 0 Å². The third-order valence-electron chi connectivity index (χ3n) is 7.45. The molecule has 192 valence electrons. The van der Waals surface area contributed by atoms with Gasteiger partial charge in [0.15, 0.2) is 11.6 Å². The van der Waals surface area contributed by atoms with Crippen molar-refractivity contribution >= 4 is 33.4 Å². The molecule has 1 aromatic heterocycles. The molecule has 0 radical (unpaired) electrons. The Kier molecular flexibility index (Phi) is 7.24. The van der Waals surface area contributed by atoms with Crippen LogP contribution >= 0.6 is 0 Å². The highest BCUT2D eigenvalue weighted by Gasteiger charge is 2.36. The number of nitrogens with zero attached hydrogens (tertiary/aromatic N) is 2. The van der Waals surface area contributed by atoms with Gasteiger partial charge < -0.3 is 14.0 Å². The Morgan fingerprint density at radius 2 is 1.49 bits per heavy atom. The van der Waals surface area contributed by atoms with E-state index in [9.17, 15) is 9.59 Å². The van der Waals surface area contributed by atoms with Gasteiger partial charge in [-0.05, 0) is 57.2 Å². The molecule has 0 saturated carbocycles. The summed E-state index contributed by atoms with van der Waals surface area (Å²) in [5, 5.41) is 1.94. The van der Waals surface area contributed by atoms with E-state index in [2.05, 4.69) is 9.47 Å². The Morgan fingerprint density at radius 3 is 2.14 bits per heavy atom. The third kappa shape index (κ3) is 4.85. The first kappa shape index (κ1) is 25.3. The number of hydrogen-bond acceptors (Lipinski definition) is 5. The van der Waals surface area contributed by atoms with E-state index in [0.717, 1.165) is 34.9 Å². The molecule has 1 fully saturated rings. The predicted octanol–water partition coefficient (Wildman–Crippen LogP) is 5.36. The number of morpholine rings is 1. The SMILES string of the molecule is CCOCCn1c2ccc(C(=O)c3ccccc3)cc2c2cc(C(=O)C(C)(C)N3CCOCC3)ccc21. The molecule has 0 aliphatic carbocycles. The number of hydrogen-bond donors (Lipinski definition) is 0. The molecule has 6 nitrogen and oxygen atoms in total. The number of aromatic nitrogens is 1. The highest BCUT2D eigenvalue weighted by atomic mass is 16.5. The fraction of sp³-hybridized carbons (Fsp3) is 0.355. The molecule has 0 N–H and O–H groups in total. The van der Waals surface area contributed by atoms with Gasteiger partial charge in [0, 0.05) is 64.7 Å². The second-order valence-corrected chi connectivity index (χ2v) is 10.00. The Bertz CT molecular complexity index is 1430. The summed E-state index contributed by atoms with van der Waals surface area (Å²) in [4.78, 5) is 29.2. The summed E-state index contributed by atoms with van der Waals surface area (Å²) in [7, 11) is 0. The predicted molar refractivity (Wildman–Crippen MR) is 147 cm³/mol. The number of ether oxygens (including phenoxy) is 2. The van der Waals surface area contributed by atoms with Crippen molar-refractivity contribution < 1.29 is 19.1 Å². The van der Waals surface area contributed by atoms with Crippen molar-refractivity contribution in [3.8, 4) is 0 Å². The minimum atomic E-state index is -0.640. The van der Waals surface area contributed by atoms with Crippen molar-refractivity contribution in [2.45, 2.75) is 32.9 Å². The summed E-state index contributed by atoms with van der Waals surface area (Å²) in [6, 6.07) is 21.1. The number of carbonyl (C=O) groups is 2. The van der Waals surface area contributed by atoms with Crippen molar-refractivity contribution in [3.63, 3.8) is 0 Å². The Hall–Kier alpha value is -3.32. The molecule has 3 aromatic carbocycles. The van der Waals surface area contributed by atoms with Gasteiger partial charge in [0.2, 0.25) is 0 Å². The van der Waals surface area contributed by atoms with E-state index in [1.807, 2.05) is 87.5 Å². The molecule has 0 amide bonds. The molecule has 37 heavy (non-hydrogen) atoms. The first-order valence-electron chi connectivity index (χ1n) is 13.0. The first-order chi connectivity index (χ1) is 17.9. The summed E-state index contributed by atoms with van der Waals surface area (Å²) in [6.07, 6.45) is 0. The van der Waals surface area contributed by atoms with E-state index in [-0.39, 0.29) is 11.6 Å². The largest absolute Gasteiger partial charge is 0.380 e. The van der Waals surface area contributed by atoms with E-state index in [1.165, 1.54) is 0 Å². The summed E-state index contributed by atoms with van der Waals surface area (Å²) in [5.41, 5.74) is 3.38. The van der Waals surface area contributed by atoms with Gasteiger partial charge in [-0.3, -0.25) is 14.5 Å². The lowest BCUT2D eigenvalue weighted by Gasteiger charge is -2.39. The Morgan fingerprint density at radius 1 is 0.865 bits per heavy atom. The van der Waals surface area contributed by atoms with Crippen molar-refractivity contribution in [3.05, 3.63) is 83.4 Å². The number of ketones is 2. The molecule has 2 heterocycles. The maximum absolute atomic E-state index is 13.8. The van der Waals surface area contributed by atoms with Gasteiger partial charge in [0.05, 0.1) is 25.4 Å². The standard InChI is InChI=1S/C31H34N2O4/c1-4-36-19-16-33-27-12-10-23(29(34)22-8-6-5-7-9-22)20-25(27)26-21-24(11-13-28(26)33)30(35)31(2,3)32-14-17-37-18-15-32/h5-13,20-21H,4,14-19H2,1-3H3. The molecular formula is C31H34N2O4. The van der Waals surface area contributed by atoms with Crippen molar-refractivity contribution in [2.24, 2.45) is 0 Å². The van der Waals surface area contributed by atoms with Crippen LogP contribution in [0.15, 0.2) is 66.7 Å². The zero-order valence-electron chi connectivity index (χ0n) is 21.8. The van der Waals surface area contributed by atoms with E-state index >= 15 is 0 Å². The van der Waals surface area contributed by atoms with Gasteiger partial charge in [-0.1, -0.05) is 30.3 Å². The zero-order valence-corrected chi connectivity index (χ0v) is 21.8. The lowest BCUT2D eigenvalue weighted by molar-refractivity contribution is -0.00429. The Balaban J connectivity index is 1.60. The van der Waals surface area contributed by atoms with Gasteiger partial charge in [-0.25, -0.2) is 0 Å². The van der Waals surface area contributed by atoms with Gasteiger partial charge in [-0.15, -0.1) is 0 Å². The van der Waals surface area contributed by atoms with Crippen LogP contribution in [0.5, 0.6) is 0 Å². The molecule has 0 atom stereocenters. The lowest BCUT2D eigenvalue weighted by Crippen LogP contribution is -2.54. The molecule has 1 saturated heterocycles. The molecule has 0 bridgehead atoms. The van der Waals surface area contributed by atoms with Crippen molar-refractivity contribution in [2.75, 3.05) is 39.5 Å². The summed E-state index contributed by atoms with van der Waals surface area (Å²) in [5.74, 6) is 0.0708. The number of Topliss-reactive ketones (excluding diaryl/α,β-unsaturated/α-hetero) is 1. The summed E-state index contributed by atoms with van der Waals surface area (Å²) < 4.78 is 13.4. The topological polar surface area (TPSA) is 60.8 Å². The van der Waals surface area contributed by atoms with Crippen LogP contribution in [0.4, 0.5) is 0 Å². The second-order valence-electron chi connectivity index (χ2n) is 10.00. The van der Waals surface area contributed by atoms with E-state index < -0.39 is 5.54 Å². The average molecular weight is 499 g/mol. The fourth-order valence-corrected chi connectivity index (χ4v) is 5.30. The normalized spacial score (nSPS) is 14.9. The lowest BCUT2D eigenvalue weighted by atomic mass is 9.90. The van der Waals surface area contributed by atoms with E-state index in [4.69, 9.17) is 9.47 Å². The highest BCUT2D eigenvalue weighted by Crippen LogP contribution is 2.33. The van der Waals surface area contributed by atoms with Crippen LogP contribution in [-0.4, -0.2) is 66.1 Å². The first-order valence-corrected chi connectivity index (χ1v) is 13.0. The van der Waals surface area contributed by atoms with Crippen LogP contribution in [0.1, 0.15) is 47.1 Å².